The molecule has 2 aromatic heterocycles. The summed E-state index contributed by atoms with van der Waals surface area (Å²) in [6, 6.07) is 9.52. The molecular weight excluding hydrogens is 398 g/mol. The molecule has 4 rings (SSSR count). The lowest BCUT2D eigenvalue weighted by Gasteiger charge is -2.27. The number of morpholine rings is 1. The molecule has 1 aromatic carbocycles. The smallest absolute Gasteiger partial charge is 0.333 e. The summed E-state index contributed by atoms with van der Waals surface area (Å²) in [5.74, 6) is 0.0257. The zero-order chi connectivity index (χ0) is 22.0. The van der Waals surface area contributed by atoms with E-state index in [1.165, 1.54) is 4.57 Å². The van der Waals surface area contributed by atoms with Gasteiger partial charge in [0.25, 0.3) is 5.56 Å². The van der Waals surface area contributed by atoms with Gasteiger partial charge < -0.3 is 14.2 Å². The van der Waals surface area contributed by atoms with Gasteiger partial charge in [-0.15, -0.1) is 0 Å². The number of carbonyl (C=O) groups is 1. The first kappa shape index (κ1) is 21.0. The van der Waals surface area contributed by atoms with Gasteiger partial charge in [-0.05, 0) is 11.5 Å². The van der Waals surface area contributed by atoms with Crippen LogP contribution >= 0.6 is 0 Å². The van der Waals surface area contributed by atoms with Crippen molar-refractivity contribution in [2.75, 3.05) is 26.3 Å². The Kier molecular flexibility index (Phi) is 6.03. The summed E-state index contributed by atoms with van der Waals surface area (Å²) in [4.78, 5) is 45.5. The van der Waals surface area contributed by atoms with Crippen molar-refractivity contribution in [3.63, 3.8) is 0 Å². The molecule has 3 aromatic rings. The first-order valence-corrected chi connectivity index (χ1v) is 10.5. The molecule has 1 saturated heterocycles. The number of carbonyl (C=O) groups excluding carboxylic acids is 1. The minimum absolute atomic E-state index is 0.261. The van der Waals surface area contributed by atoms with Crippen molar-refractivity contribution in [1.29, 1.82) is 0 Å². The Hall–Kier alpha value is -3.20. The van der Waals surface area contributed by atoms with Crippen LogP contribution in [-0.2, 0) is 29.2 Å². The predicted molar refractivity (Wildman–Crippen MR) is 116 cm³/mol. The molecule has 1 aliphatic heterocycles. The van der Waals surface area contributed by atoms with Crippen LogP contribution < -0.4 is 11.2 Å². The van der Waals surface area contributed by atoms with E-state index < -0.39 is 11.2 Å². The summed E-state index contributed by atoms with van der Waals surface area (Å²) >= 11 is 0. The van der Waals surface area contributed by atoms with Crippen LogP contribution in [0.4, 0.5) is 0 Å². The SMILES string of the molecule is CC(C)Cn1cnc2c1c(=O)n(CC(=O)N1CCOCC1)c(=O)n2Cc1ccccc1. The Labute approximate surface area is 179 Å². The normalized spacial score (nSPS) is 14.5. The van der Waals surface area contributed by atoms with Gasteiger partial charge in [0.1, 0.15) is 6.54 Å². The van der Waals surface area contributed by atoms with Crippen LogP contribution in [-0.4, -0.2) is 55.8 Å². The van der Waals surface area contributed by atoms with E-state index in [-0.39, 0.29) is 24.9 Å². The third-order valence-electron chi connectivity index (χ3n) is 5.39. The molecule has 1 amide bonds. The van der Waals surface area contributed by atoms with E-state index in [1.807, 2.05) is 44.2 Å². The lowest BCUT2D eigenvalue weighted by Crippen LogP contribution is -2.47. The summed E-state index contributed by atoms with van der Waals surface area (Å²) in [6.07, 6.45) is 1.60. The number of fused-ring (bicyclic) bond motifs is 1. The van der Waals surface area contributed by atoms with Gasteiger partial charge >= 0.3 is 5.69 Å². The van der Waals surface area contributed by atoms with E-state index in [2.05, 4.69) is 4.98 Å². The van der Waals surface area contributed by atoms with Crippen molar-refractivity contribution in [2.45, 2.75) is 33.5 Å². The number of aromatic nitrogens is 4. The standard InChI is InChI=1S/C22H27N5O4/c1-16(2)12-25-15-23-20-19(25)21(29)27(14-18(28)24-8-10-31-11-9-24)22(30)26(20)13-17-6-4-3-5-7-17/h3-7,15-16H,8-14H2,1-2H3. The molecule has 0 saturated carbocycles. The number of rotatable bonds is 6. The third-order valence-corrected chi connectivity index (χ3v) is 5.39. The van der Waals surface area contributed by atoms with Gasteiger partial charge in [-0.25, -0.2) is 14.3 Å². The van der Waals surface area contributed by atoms with Crippen LogP contribution in [0.5, 0.6) is 0 Å². The number of benzene rings is 1. The van der Waals surface area contributed by atoms with Gasteiger partial charge in [0.2, 0.25) is 5.91 Å². The molecule has 0 spiro atoms. The zero-order valence-corrected chi connectivity index (χ0v) is 17.9. The van der Waals surface area contributed by atoms with Crippen molar-refractivity contribution in [3.8, 4) is 0 Å². The Morgan fingerprint density at radius 1 is 1.10 bits per heavy atom. The zero-order valence-electron chi connectivity index (χ0n) is 17.9. The van der Waals surface area contributed by atoms with E-state index in [9.17, 15) is 14.4 Å². The van der Waals surface area contributed by atoms with Crippen molar-refractivity contribution in [3.05, 3.63) is 63.1 Å². The average Bonchev–Trinajstić information content (AvgIpc) is 3.18. The van der Waals surface area contributed by atoms with Crippen molar-refractivity contribution in [2.24, 2.45) is 5.92 Å². The van der Waals surface area contributed by atoms with Gasteiger partial charge in [-0.1, -0.05) is 44.2 Å². The summed E-state index contributed by atoms with van der Waals surface area (Å²) in [5, 5.41) is 0. The van der Waals surface area contributed by atoms with Gasteiger partial charge in [0, 0.05) is 19.6 Å². The van der Waals surface area contributed by atoms with Crippen LogP contribution in [0.15, 0.2) is 46.2 Å². The van der Waals surface area contributed by atoms with E-state index in [1.54, 1.807) is 15.8 Å². The number of amides is 1. The molecule has 0 unspecified atom stereocenters. The highest BCUT2D eigenvalue weighted by atomic mass is 16.5. The Balaban J connectivity index is 1.83. The number of imidazole rings is 1. The number of hydrogen-bond acceptors (Lipinski definition) is 5. The Morgan fingerprint density at radius 3 is 2.48 bits per heavy atom. The van der Waals surface area contributed by atoms with E-state index in [4.69, 9.17) is 4.74 Å². The molecule has 0 atom stereocenters. The van der Waals surface area contributed by atoms with Gasteiger partial charge in [0.05, 0.1) is 26.1 Å². The minimum atomic E-state index is -0.530. The number of ether oxygens (including phenoxy) is 1. The predicted octanol–water partition coefficient (Wildman–Crippen LogP) is 0.923. The average molecular weight is 425 g/mol. The summed E-state index contributed by atoms with van der Waals surface area (Å²) in [6.45, 7) is 6.48. The first-order chi connectivity index (χ1) is 15.0. The van der Waals surface area contributed by atoms with Gasteiger partial charge in [0.15, 0.2) is 11.2 Å². The van der Waals surface area contributed by atoms with Gasteiger partial charge in [-0.3, -0.25) is 14.2 Å². The van der Waals surface area contributed by atoms with Crippen molar-refractivity contribution < 1.29 is 9.53 Å². The van der Waals surface area contributed by atoms with Crippen LogP contribution in [0, 0.1) is 5.92 Å². The topological polar surface area (TPSA) is 91.4 Å². The highest BCUT2D eigenvalue weighted by Crippen LogP contribution is 2.12. The molecule has 31 heavy (non-hydrogen) atoms. The third kappa shape index (κ3) is 4.32. The summed E-state index contributed by atoms with van der Waals surface area (Å²) in [5.41, 5.74) is 0.587. The highest BCUT2D eigenvalue weighted by Gasteiger charge is 2.23. The van der Waals surface area contributed by atoms with Crippen LogP contribution in [0.2, 0.25) is 0 Å². The lowest BCUT2D eigenvalue weighted by atomic mass is 10.2. The lowest BCUT2D eigenvalue weighted by molar-refractivity contribution is -0.136. The van der Waals surface area contributed by atoms with Crippen LogP contribution in [0.1, 0.15) is 19.4 Å². The second-order valence-corrected chi connectivity index (χ2v) is 8.20. The molecule has 164 valence electrons. The van der Waals surface area contributed by atoms with Crippen molar-refractivity contribution in [1.82, 2.24) is 23.6 Å². The first-order valence-electron chi connectivity index (χ1n) is 10.5. The van der Waals surface area contributed by atoms with Crippen LogP contribution in [0.3, 0.4) is 0 Å². The van der Waals surface area contributed by atoms with Gasteiger partial charge in [-0.2, -0.15) is 0 Å². The minimum Gasteiger partial charge on any atom is -0.378 e. The number of nitrogens with zero attached hydrogens (tertiary/aromatic N) is 5. The quantitative estimate of drug-likeness (QED) is 0.586. The fourth-order valence-electron chi connectivity index (χ4n) is 3.87. The van der Waals surface area contributed by atoms with E-state index in [0.717, 1.165) is 10.1 Å². The Morgan fingerprint density at radius 2 is 1.81 bits per heavy atom. The fourth-order valence-corrected chi connectivity index (χ4v) is 3.87. The molecule has 0 N–H and O–H groups in total. The molecule has 9 nitrogen and oxygen atoms in total. The molecule has 3 heterocycles. The molecule has 1 fully saturated rings. The molecular formula is C22H27N5O4. The second kappa shape index (κ2) is 8.89. The van der Waals surface area contributed by atoms with E-state index >= 15 is 0 Å². The monoisotopic (exact) mass is 425 g/mol. The van der Waals surface area contributed by atoms with Crippen LogP contribution in [0.25, 0.3) is 11.2 Å². The maximum Gasteiger partial charge on any atom is 0.333 e. The molecule has 1 aliphatic rings. The fraction of sp³-hybridized carbons (Fsp3) is 0.455. The largest absolute Gasteiger partial charge is 0.378 e. The van der Waals surface area contributed by atoms with E-state index in [0.29, 0.717) is 44.0 Å². The highest BCUT2D eigenvalue weighted by molar-refractivity contribution is 5.77. The second-order valence-electron chi connectivity index (χ2n) is 8.20. The summed E-state index contributed by atoms with van der Waals surface area (Å²) < 4.78 is 9.59. The molecule has 0 radical (unpaired) electrons. The maximum atomic E-state index is 13.3. The molecule has 0 bridgehead atoms. The molecule has 0 aliphatic carbocycles. The Bertz CT molecular complexity index is 1190. The summed E-state index contributed by atoms with van der Waals surface area (Å²) in [7, 11) is 0. The number of hydrogen-bond donors (Lipinski definition) is 0. The maximum absolute atomic E-state index is 13.3. The molecule has 9 heteroatoms. The van der Waals surface area contributed by atoms with Crippen molar-refractivity contribution >= 4 is 17.1 Å².